The summed E-state index contributed by atoms with van der Waals surface area (Å²) in [5.74, 6) is 0.454. The van der Waals surface area contributed by atoms with Crippen molar-refractivity contribution >= 4 is 32.7 Å². The Kier molecular flexibility index (Phi) is 4.10. The van der Waals surface area contributed by atoms with Gasteiger partial charge in [-0.1, -0.05) is 24.4 Å². The highest BCUT2D eigenvalue weighted by molar-refractivity contribution is 7.91. The van der Waals surface area contributed by atoms with Crippen LogP contribution in [0.4, 0.5) is 5.69 Å². The fourth-order valence-corrected chi connectivity index (χ4v) is 3.88. The molecule has 2 N–H and O–H groups in total. The van der Waals surface area contributed by atoms with E-state index in [-0.39, 0.29) is 11.5 Å². The van der Waals surface area contributed by atoms with E-state index < -0.39 is 9.84 Å². The molecule has 0 aliphatic carbocycles. The molecule has 1 aliphatic heterocycles. The Morgan fingerprint density at radius 1 is 1.32 bits per heavy atom. The first-order valence-electron chi connectivity index (χ1n) is 6.25. The van der Waals surface area contributed by atoms with Gasteiger partial charge in [0.15, 0.2) is 9.84 Å². The zero-order valence-corrected chi connectivity index (χ0v) is 12.6. The third-order valence-corrected chi connectivity index (χ3v) is 5.31. The third kappa shape index (κ3) is 3.25. The van der Waals surface area contributed by atoms with Crippen LogP contribution in [0.25, 0.3) is 0 Å². The van der Waals surface area contributed by atoms with Crippen LogP contribution in [-0.2, 0) is 9.84 Å². The number of hydrogen-bond acceptors (Lipinski definition) is 4. The summed E-state index contributed by atoms with van der Waals surface area (Å²) in [6.07, 6.45) is 0.646. The van der Waals surface area contributed by atoms with Crippen molar-refractivity contribution in [1.29, 1.82) is 0 Å². The second-order valence-electron chi connectivity index (χ2n) is 4.83. The van der Waals surface area contributed by atoms with Crippen LogP contribution in [0.1, 0.15) is 17.5 Å². The number of nitrogens with two attached hydrogens (primary N) is 1. The quantitative estimate of drug-likeness (QED) is 0.833. The van der Waals surface area contributed by atoms with Gasteiger partial charge < -0.3 is 10.6 Å². The zero-order valence-electron chi connectivity index (χ0n) is 10.9. The lowest BCUT2D eigenvalue weighted by Gasteiger charge is -2.26. The van der Waals surface area contributed by atoms with Gasteiger partial charge in [0.2, 0.25) is 0 Å². The van der Waals surface area contributed by atoms with Gasteiger partial charge in [-0.05, 0) is 25.0 Å². The Hall–Kier alpha value is -1.14. The number of rotatable bonds is 2. The molecular weight excluding hydrogens is 280 g/mol. The van der Waals surface area contributed by atoms with Gasteiger partial charge in [0.1, 0.15) is 4.99 Å². The summed E-state index contributed by atoms with van der Waals surface area (Å²) < 4.78 is 23.3. The van der Waals surface area contributed by atoms with Crippen molar-refractivity contribution < 1.29 is 8.42 Å². The number of thiocarbonyl (C=S) groups is 1. The Morgan fingerprint density at radius 2 is 2.05 bits per heavy atom. The van der Waals surface area contributed by atoms with Gasteiger partial charge >= 0.3 is 0 Å². The highest BCUT2D eigenvalue weighted by Crippen LogP contribution is 2.26. The maximum atomic E-state index is 11.7. The molecule has 0 radical (unpaired) electrons. The van der Waals surface area contributed by atoms with Gasteiger partial charge in [-0.2, -0.15) is 0 Å². The number of hydrogen-bond donors (Lipinski definition) is 1. The normalized spacial score (nSPS) is 18.9. The summed E-state index contributed by atoms with van der Waals surface area (Å²) >= 11 is 5.09. The molecular formula is C13H18N2O2S2. The predicted molar refractivity (Wildman–Crippen MR) is 82.6 cm³/mol. The molecule has 0 spiro atoms. The Labute approximate surface area is 119 Å². The molecule has 104 valence electrons. The first-order chi connectivity index (χ1) is 8.91. The van der Waals surface area contributed by atoms with Gasteiger partial charge in [0.05, 0.1) is 11.5 Å². The lowest BCUT2D eigenvalue weighted by molar-refractivity contribution is 0.597. The molecule has 0 amide bonds. The zero-order chi connectivity index (χ0) is 14.0. The van der Waals surface area contributed by atoms with Crippen molar-refractivity contribution in [3.63, 3.8) is 0 Å². The number of benzene rings is 1. The van der Waals surface area contributed by atoms with Gasteiger partial charge in [0.25, 0.3) is 0 Å². The van der Waals surface area contributed by atoms with Crippen LogP contribution < -0.4 is 10.6 Å². The molecule has 1 aliphatic rings. The van der Waals surface area contributed by atoms with Gasteiger partial charge in [-0.15, -0.1) is 0 Å². The molecule has 2 rings (SSSR count). The molecule has 0 saturated carbocycles. The van der Waals surface area contributed by atoms with Crippen molar-refractivity contribution in [2.45, 2.75) is 13.3 Å². The molecule has 1 fully saturated rings. The first kappa shape index (κ1) is 14.3. The molecule has 6 heteroatoms. The second kappa shape index (κ2) is 5.46. The Morgan fingerprint density at radius 3 is 2.74 bits per heavy atom. The minimum atomic E-state index is -2.91. The summed E-state index contributed by atoms with van der Waals surface area (Å²) in [6, 6.07) is 5.81. The molecule has 0 atom stereocenters. The van der Waals surface area contributed by atoms with Crippen LogP contribution in [0.5, 0.6) is 0 Å². The van der Waals surface area contributed by atoms with Gasteiger partial charge in [-0.3, -0.25) is 0 Å². The highest BCUT2D eigenvalue weighted by Gasteiger charge is 2.22. The largest absolute Gasteiger partial charge is 0.389 e. The number of sulfone groups is 1. The van der Waals surface area contributed by atoms with E-state index >= 15 is 0 Å². The molecule has 0 unspecified atom stereocenters. The van der Waals surface area contributed by atoms with E-state index in [1.54, 1.807) is 0 Å². The predicted octanol–water partition coefficient (Wildman–Crippen LogP) is 1.25. The minimum Gasteiger partial charge on any atom is -0.389 e. The van der Waals surface area contributed by atoms with Crippen LogP contribution in [-0.4, -0.2) is 38.0 Å². The minimum absolute atomic E-state index is 0.193. The van der Waals surface area contributed by atoms with Crippen molar-refractivity contribution in [2.24, 2.45) is 5.73 Å². The van der Waals surface area contributed by atoms with Crippen molar-refractivity contribution in [1.82, 2.24) is 0 Å². The van der Waals surface area contributed by atoms with E-state index in [9.17, 15) is 8.42 Å². The van der Waals surface area contributed by atoms with Crippen LogP contribution in [0.3, 0.4) is 0 Å². The van der Waals surface area contributed by atoms with Crippen molar-refractivity contribution in [3.8, 4) is 0 Å². The average molecular weight is 298 g/mol. The summed E-state index contributed by atoms with van der Waals surface area (Å²) in [7, 11) is -2.91. The average Bonchev–Trinajstić information content (AvgIpc) is 2.50. The number of nitrogens with zero attached hydrogens (tertiary/aromatic N) is 1. The summed E-state index contributed by atoms with van der Waals surface area (Å²) in [6.45, 7) is 3.22. The standard InChI is InChI=1S/C13H18N2O2S2/c1-10-4-2-5-11(13(14)18)12(10)15-6-3-8-19(16,17)9-7-15/h2,4-5H,3,6-9H2,1H3,(H2,14,18). The second-order valence-corrected chi connectivity index (χ2v) is 7.57. The van der Waals surface area contributed by atoms with Crippen molar-refractivity contribution in [3.05, 3.63) is 29.3 Å². The van der Waals surface area contributed by atoms with E-state index in [1.165, 1.54) is 0 Å². The Bertz CT molecular complexity index is 597. The van der Waals surface area contributed by atoms with E-state index in [0.29, 0.717) is 18.0 Å². The maximum Gasteiger partial charge on any atom is 0.152 e. The molecule has 1 heterocycles. The molecule has 1 saturated heterocycles. The van der Waals surface area contributed by atoms with Crippen LogP contribution in [0.15, 0.2) is 18.2 Å². The summed E-state index contributed by atoms with van der Waals surface area (Å²) in [5.41, 5.74) is 8.65. The number of para-hydroxylation sites is 1. The van der Waals surface area contributed by atoms with E-state index in [4.69, 9.17) is 18.0 Å². The van der Waals surface area contributed by atoms with Crippen LogP contribution in [0.2, 0.25) is 0 Å². The van der Waals surface area contributed by atoms with E-state index in [1.807, 2.05) is 25.1 Å². The number of aryl methyl sites for hydroxylation is 1. The molecule has 0 aromatic heterocycles. The smallest absolute Gasteiger partial charge is 0.152 e. The summed E-state index contributed by atoms with van der Waals surface area (Å²) in [5, 5.41) is 0. The van der Waals surface area contributed by atoms with Crippen LogP contribution in [0, 0.1) is 6.92 Å². The topological polar surface area (TPSA) is 63.4 Å². The lowest BCUT2D eigenvalue weighted by atomic mass is 10.1. The van der Waals surface area contributed by atoms with Gasteiger partial charge in [-0.25, -0.2) is 8.42 Å². The van der Waals surface area contributed by atoms with E-state index in [0.717, 1.165) is 23.4 Å². The van der Waals surface area contributed by atoms with Crippen LogP contribution >= 0.6 is 12.2 Å². The molecule has 0 bridgehead atoms. The first-order valence-corrected chi connectivity index (χ1v) is 8.48. The number of anilines is 1. The Balaban J connectivity index is 2.39. The fraction of sp³-hybridized carbons (Fsp3) is 0.462. The monoisotopic (exact) mass is 298 g/mol. The SMILES string of the molecule is Cc1cccc(C(N)=S)c1N1CCCS(=O)(=O)CC1. The van der Waals surface area contributed by atoms with Gasteiger partial charge in [0, 0.05) is 24.3 Å². The third-order valence-electron chi connectivity index (χ3n) is 3.38. The molecule has 1 aromatic carbocycles. The maximum absolute atomic E-state index is 11.7. The molecule has 4 nitrogen and oxygen atoms in total. The summed E-state index contributed by atoms with van der Waals surface area (Å²) in [4.78, 5) is 2.44. The van der Waals surface area contributed by atoms with Crippen molar-refractivity contribution in [2.75, 3.05) is 29.5 Å². The highest BCUT2D eigenvalue weighted by atomic mass is 32.2. The lowest BCUT2D eigenvalue weighted by Crippen LogP contribution is -2.30. The fourth-order valence-electron chi connectivity index (χ4n) is 2.44. The molecule has 19 heavy (non-hydrogen) atoms. The van der Waals surface area contributed by atoms with E-state index in [2.05, 4.69) is 4.90 Å². The molecule has 1 aromatic rings.